The van der Waals surface area contributed by atoms with Crippen LogP contribution in [0.15, 0.2) is 71.2 Å². The molecule has 4 nitrogen and oxygen atoms in total. The molecule has 0 aromatic heterocycles. The Labute approximate surface area is 170 Å². The zero-order valence-electron chi connectivity index (χ0n) is 14.7. The molecule has 1 unspecified atom stereocenters. The van der Waals surface area contributed by atoms with Gasteiger partial charge >= 0.3 is 5.97 Å². The van der Waals surface area contributed by atoms with Crippen molar-refractivity contribution in [1.29, 1.82) is 0 Å². The zero-order chi connectivity index (χ0) is 19.5. The number of esters is 1. The molecule has 0 spiro atoms. The molecule has 1 atom stereocenters. The third-order valence-corrected chi connectivity index (χ3v) is 4.80. The van der Waals surface area contributed by atoms with Gasteiger partial charge in [-0.25, -0.2) is 9.18 Å². The van der Waals surface area contributed by atoms with E-state index in [1.807, 2.05) is 18.2 Å². The molecule has 0 aliphatic carbocycles. The van der Waals surface area contributed by atoms with Gasteiger partial charge in [0.1, 0.15) is 24.6 Å². The van der Waals surface area contributed by atoms with Gasteiger partial charge < -0.3 is 14.2 Å². The lowest BCUT2D eigenvalue weighted by molar-refractivity contribution is 0.0363. The summed E-state index contributed by atoms with van der Waals surface area (Å²) in [5, 5.41) is 0. The van der Waals surface area contributed by atoms with Crippen molar-refractivity contribution >= 4 is 21.9 Å². The summed E-state index contributed by atoms with van der Waals surface area (Å²) in [6.07, 6.45) is -0.894. The monoisotopic (exact) mass is 442 g/mol. The molecule has 0 saturated heterocycles. The minimum Gasteiger partial charge on any atom is -0.486 e. The van der Waals surface area contributed by atoms with Crippen LogP contribution in [0.4, 0.5) is 4.39 Å². The molecule has 6 heteroatoms. The molecule has 3 aromatic carbocycles. The largest absolute Gasteiger partial charge is 0.486 e. The molecule has 0 fully saturated rings. The maximum Gasteiger partial charge on any atom is 0.343 e. The number of halogens is 2. The van der Waals surface area contributed by atoms with Gasteiger partial charge in [0.15, 0.2) is 17.6 Å². The Bertz CT molecular complexity index is 1010. The molecule has 0 amide bonds. The highest BCUT2D eigenvalue weighted by molar-refractivity contribution is 9.10. The van der Waals surface area contributed by atoms with Crippen LogP contribution in [0.1, 0.15) is 27.6 Å². The lowest BCUT2D eigenvalue weighted by Gasteiger charge is -2.23. The van der Waals surface area contributed by atoms with E-state index >= 15 is 0 Å². The smallest absolute Gasteiger partial charge is 0.343 e. The summed E-state index contributed by atoms with van der Waals surface area (Å²) in [4.78, 5) is 13.0. The number of benzene rings is 3. The third kappa shape index (κ3) is 3.73. The summed E-state index contributed by atoms with van der Waals surface area (Å²) in [6.45, 7) is 0.740. The van der Waals surface area contributed by atoms with Crippen molar-refractivity contribution < 1.29 is 23.4 Å². The molecule has 4 rings (SSSR count). The van der Waals surface area contributed by atoms with Gasteiger partial charge in [-0.15, -0.1) is 0 Å². The van der Waals surface area contributed by atoms with Crippen LogP contribution in [0.25, 0.3) is 0 Å². The summed E-state index contributed by atoms with van der Waals surface area (Å²) >= 11 is 3.37. The Morgan fingerprint density at radius 1 is 1.00 bits per heavy atom. The van der Waals surface area contributed by atoms with Crippen LogP contribution < -0.4 is 9.47 Å². The number of fused-ring (bicyclic) bond motifs is 1. The van der Waals surface area contributed by atoms with Crippen molar-refractivity contribution in [2.75, 3.05) is 13.2 Å². The fourth-order valence-electron chi connectivity index (χ4n) is 3.07. The van der Waals surface area contributed by atoms with Crippen LogP contribution in [0.3, 0.4) is 0 Å². The highest BCUT2D eigenvalue weighted by atomic mass is 79.9. The van der Waals surface area contributed by atoms with Gasteiger partial charge in [0.05, 0.1) is 0 Å². The van der Waals surface area contributed by atoms with E-state index in [0.717, 1.165) is 0 Å². The van der Waals surface area contributed by atoms with E-state index in [9.17, 15) is 9.18 Å². The van der Waals surface area contributed by atoms with Crippen LogP contribution in [-0.2, 0) is 4.74 Å². The number of carbonyl (C=O) groups is 1. The summed E-state index contributed by atoms with van der Waals surface area (Å²) in [5.41, 5.74) is 1.17. The molecule has 0 saturated carbocycles. The van der Waals surface area contributed by atoms with Gasteiger partial charge in [-0.2, -0.15) is 0 Å². The zero-order valence-corrected chi connectivity index (χ0v) is 16.3. The Balaban J connectivity index is 1.73. The second kappa shape index (κ2) is 8.02. The number of hydrogen-bond donors (Lipinski definition) is 0. The van der Waals surface area contributed by atoms with Gasteiger partial charge in [-0.1, -0.05) is 64.5 Å². The van der Waals surface area contributed by atoms with Gasteiger partial charge in [0.2, 0.25) is 0 Å². The normalized spacial score (nSPS) is 13.6. The molecular formula is C22H16BrFO4. The van der Waals surface area contributed by atoms with Crippen LogP contribution in [-0.4, -0.2) is 19.2 Å². The molecule has 1 aliphatic rings. The first-order chi connectivity index (χ1) is 13.6. The van der Waals surface area contributed by atoms with Crippen molar-refractivity contribution in [1.82, 2.24) is 0 Å². The van der Waals surface area contributed by atoms with E-state index < -0.39 is 17.9 Å². The third-order valence-electron chi connectivity index (χ3n) is 4.34. The molecule has 0 bridgehead atoms. The fraction of sp³-hybridized carbons (Fsp3) is 0.136. The number of carbonyl (C=O) groups excluding carboxylic acids is 1. The lowest BCUT2D eigenvalue weighted by Crippen LogP contribution is -2.20. The molecule has 28 heavy (non-hydrogen) atoms. The van der Waals surface area contributed by atoms with Gasteiger partial charge in [0.25, 0.3) is 0 Å². The minimum atomic E-state index is -0.894. The Kier molecular flexibility index (Phi) is 5.30. The quantitative estimate of drug-likeness (QED) is 0.513. The first-order valence-electron chi connectivity index (χ1n) is 8.73. The van der Waals surface area contributed by atoms with Crippen LogP contribution >= 0.6 is 15.9 Å². The molecule has 1 heterocycles. The maximum absolute atomic E-state index is 14.5. The predicted octanol–water partition coefficient (Wildman–Crippen LogP) is 5.31. The first-order valence-corrected chi connectivity index (χ1v) is 9.52. The Morgan fingerprint density at radius 2 is 1.71 bits per heavy atom. The standard InChI is InChI=1S/C22H16BrFO4/c23-15-12-17(21-19(13-15)26-10-11-27-21)22(25)28-20(14-6-2-1-3-7-14)16-8-4-5-9-18(16)24/h1-9,12-13,20H,10-11H2. The van der Waals surface area contributed by atoms with Crippen LogP contribution in [0.5, 0.6) is 11.5 Å². The molecule has 3 aromatic rings. The summed E-state index contributed by atoms with van der Waals surface area (Å²) in [6, 6.07) is 18.7. The number of rotatable bonds is 4. The summed E-state index contributed by atoms with van der Waals surface area (Å²) in [7, 11) is 0. The van der Waals surface area contributed by atoms with Crippen molar-refractivity contribution in [3.63, 3.8) is 0 Å². The second-order valence-electron chi connectivity index (χ2n) is 6.20. The molecular weight excluding hydrogens is 427 g/mol. The summed E-state index contributed by atoms with van der Waals surface area (Å²) in [5.74, 6) is -0.269. The first kappa shape index (κ1) is 18.5. The Morgan fingerprint density at radius 3 is 2.50 bits per heavy atom. The van der Waals surface area contributed by atoms with E-state index in [-0.39, 0.29) is 11.1 Å². The van der Waals surface area contributed by atoms with E-state index in [4.69, 9.17) is 14.2 Å². The molecule has 0 N–H and O–H groups in total. The van der Waals surface area contributed by atoms with Gasteiger partial charge in [-0.05, 0) is 23.8 Å². The Hall–Kier alpha value is -2.86. The topological polar surface area (TPSA) is 44.8 Å². The highest BCUT2D eigenvalue weighted by Gasteiger charge is 2.27. The van der Waals surface area contributed by atoms with Crippen molar-refractivity contribution in [3.8, 4) is 11.5 Å². The number of hydrogen-bond acceptors (Lipinski definition) is 4. The lowest BCUT2D eigenvalue weighted by atomic mass is 10.0. The maximum atomic E-state index is 14.5. The van der Waals surface area contributed by atoms with Gasteiger partial charge in [-0.3, -0.25) is 0 Å². The second-order valence-corrected chi connectivity index (χ2v) is 7.11. The van der Waals surface area contributed by atoms with E-state index in [0.29, 0.717) is 34.7 Å². The van der Waals surface area contributed by atoms with Crippen LogP contribution in [0.2, 0.25) is 0 Å². The minimum absolute atomic E-state index is 0.223. The SMILES string of the molecule is O=C(OC(c1ccccc1)c1ccccc1F)c1cc(Br)cc2c1OCCO2. The molecule has 142 valence electrons. The predicted molar refractivity (Wildman–Crippen MR) is 105 cm³/mol. The molecule has 1 aliphatic heterocycles. The van der Waals surface area contributed by atoms with Crippen molar-refractivity contribution in [2.24, 2.45) is 0 Å². The fourth-order valence-corrected chi connectivity index (χ4v) is 3.51. The average Bonchev–Trinajstić information content (AvgIpc) is 2.72. The summed E-state index contributed by atoms with van der Waals surface area (Å²) < 4.78 is 32.1. The average molecular weight is 443 g/mol. The van der Waals surface area contributed by atoms with E-state index in [1.165, 1.54) is 6.07 Å². The molecule has 0 radical (unpaired) electrons. The van der Waals surface area contributed by atoms with Gasteiger partial charge in [0, 0.05) is 10.0 Å². The van der Waals surface area contributed by atoms with Crippen LogP contribution in [0, 0.1) is 5.82 Å². The van der Waals surface area contributed by atoms with E-state index in [2.05, 4.69) is 15.9 Å². The highest BCUT2D eigenvalue weighted by Crippen LogP contribution is 2.38. The van der Waals surface area contributed by atoms with Crippen molar-refractivity contribution in [2.45, 2.75) is 6.10 Å². The number of ether oxygens (including phenoxy) is 3. The van der Waals surface area contributed by atoms with Crippen molar-refractivity contribution in [3.05, 3.63) is 93.7 Å². The van der Waals surface area contributed by atoms with E-state index in [1.54, 1.807) is 42.5 Å².